The first kappa shape index (κ1) is 24.3. The van der Waals surface area contributed by atoms with Gasteiger partial charge in [-0.3, -0.25) is 0 Å². The Labute approximate surface area is 195 Å². The zero-order chi connectivity index (χ0) is 23.2. The Balaban J connectivity index is 1.53. The second-order valence-electron chi connectivity index (χ2n) is 8.64. The van der Waals surface area contributed by atoms with Gasteiger partial charge in [0.1, 0.15) is 36.6 Å². The van der Waals surface area contributed by atoms with Crippen molar-refractivity contribution < 1.29 is 33.9 Å². The summed E-state index contributed by atoms with van der Waals surface area (Å²) in [5.41, 5.74) is 1.07. The predicted molar refractivity (Wildman–Crippen MR) is 123 cm³/mol. The molecule has 7 nitrogen and oxygen atoms in total. The smallest absolute Gasteiger partial charge is 0.115 e. The van der Waals surface area contributed by atoms with Crippen LogP contribution in [0, 0.1) is 0 Å². The van der Waals surface area contributed by atoms with Gasteiger partial charge in [0.2, 0.25) is 0 Å². The van der Waals surface area contributed by atoms with Gasteiger partial charge in [0.05, 0.1) is 38.1 Å². The van der Waals surface area contributed by atoms with Crippen molar-refractivity contribution in [3.63, 3.8) is 0 Å². The molecule has 2 N–H and O–H groups in total. The quantitative estimate of drug-likeness (QED) is 0.549. The first-order valence-corrected chi connectivity index (χ1v) is 11.6. The van der Waals surface area contributed by atoms with Crippen molar-refractivity contribution in [3.8, 4) is 0 Å². The SMILES string of the molecule is C=C[C@H](O)[C@@H](CO)O[C@H]1C[C@H]2O[C@H]3CC=CCO[C@@H]3[C@@H](OCc3ccccc3)[C@@H]2O[C@@H]1C=C. The van der Waals surface area contributed by atoms with Crippen molar-refractivity contribution in [1.82, 2.24) is 0 Å². The van der Waals surface area contributed by atoms with Crippen molar-refractivity contribution in [2.45, 2.75) is 74.4 Å². The van der Waals surface area contributed by atoms with E-state index in [-0.39, 0.29) is 37.1 Å². The first-order valence-electron chi connectivity index (χ1n) is 11.6. The number of rotatable bonds is 9. The molecule has 180 valence electrons. The van der Waals surface area contributed by atoms with Crippen molar-refractivity contribution in [2.75, 3.05) is 13.2 Å². The maximum Gasteiger partial charge on any atom is 0.115 e. The zero-order valence-electron chi connectivity index (χ0n) is 18.8. The van der Waals surface area contributed by atoms with E-state index in [1.165, 1.54) is 6.08 Å². The maximum absolute atomic E-state index is 10.1. The van der Waals surface area contributed by atoms with Gasteiger partial charge in [-0.25, -0.2) is 0 Å². The highest BCUT2D eigenvalue weighted by molar-refractivity contribution is 5.14. The lowest BCUT2D eigenvalue weighted by Gasteiger charge is -2.51. The summed E-state index contributed by atoms with van der Waals surface area (Å²) in [6.07, 6.45) is 4.25. The Morgan fingerprint density at radius 2 is 1.91 bits per heavy atom. The molecule has 0 bridgehead atoms. The van der Waals surface area contributed by atoms with E-state index in [0.717, 1.165) is 12.0 Å². The van der Waals surface area contributed by atoms with Crippen LogP contribution in [0.4, 0.5) is 0 Å². The van der Waals surface area contributed by atoms with Crippen LogP contribution < -0.4 is 0 Å². The molecule has 7 heteroatoms. The molecule has 0 unspecified atom stereocenters. The fourth-order valence-corrected chi connectivity index (χ4v) is 4.74. The number of hydrogen-bond donors (Lipinski definition) is 2. The number of hydrogen-bond acceptors (Lipinski definition) is 7. The van der Waals surface area contributed by atoms with Crippen LogP contribution >= 0.6 is 0 Å². The highest BCUT2D eigenvalue weighted by atomic mass is 16.6. The lowest BCUT2D eigenvalue weighted by molar-refractivity contribution is -0.297. The van der Waals surface area contributed by atoms with Crippen LogP contribution in [0.3, 0.4) is 0 Å². The van der Waals surface area contributed by atoms with Gasteiger partial charge < -0.3 is 33.9 Å². The van der Waals surface area contributed by atoms with Gasteiger partial charge in [-0.15, -0.1) is 13.2 Å². The Morgan fingerprint density at radius 3 is 2.64 bits per heavy atom. The van der Waals surface area contributed by atoms with Gasteiger partial charge in [0.25, 0.3) is 0 Å². The van der Waals surface area contributed by atoms with E-state index in [9.17, 15) is 10.2 Å². The van der Waals surface area contributed by atoms with Gasteiger partial charge in [-0.1, -0.05) is 54.6 Å². The number of aliphatic hydroxyl groups excluding tert-OH is 2. The van der Waals surface area contributed by atoms with Crippen LogP contribution in [0.25, 0.3) is 0 Å². The molecule has 1 aromatic rings. The summed E-state index contributed by atoms with van der Waals surface area (Å²) >= 11 is 0. The molecule has 3 heterocycles. The van der Waals surface area contributed by atoms with E-state index in [0.29, 0.717) is 19.6 Å². The lowest BCUT2D eigenvalue weighted by atomic mass is 9.87. The molecule has 2 saturated heterocycles. The Morgan fingerprint density at radius 1 is 1.09 bits per heavy atom. The standard InChI is InChI=1S/C26H34O7/c1-3-18(28)23(15-27)32-21-14-22-25(33-19(21)4-2)26(30-16-17-10-6-5-7-11-17)24-20(31-22)12-8-9-13-29-24/h3-11,18-28H,1-2,12-16H2/t18-,19+,20-,21-,22+,23+,24-,25+,26+/m0/s1. The van der Waals surface area contributed by atoms with Crippen molar-refractivity contribution in [2.24, 2.45) is 0 Å². The van der Waals surface area contributed by atoms with Crippen LogP contribution in [0.5, 0.6) is 0 Å². The highest BCUT2D eigenvalue weighted by Crippen LogP contribution is 2.38. The molecule has 0 amide bonds. The topological polar surface area (TPSA) is 86.6 Å². The molecule has 0 spiro atoms. The fourth-order valence-electron chi connectivity index (χ4n) is 4.74. The predicted octanol–water partition coefficient (Wildman–Crippen LogP) is 2.32. The number of aliphatic hydroxyl groups is 2. The molecular weight excluding hydrogens is 424 g/mol. The van der Waals surface area contributed by atoms with Crippen molar-refractivity contribution in [3.05, 3.63) is 73.4 Å². The van der Waals surface area contributed by atoms with Gasteiger partial charge >= 0.3 is 0 Å². The average Bonchev–Trinajstić information content (AvgIpc) is 3.10. The minimum Gasteiger partial charge on any atom is -0.394 e. The normalized spacial score (nSPS) is 35.5. The van der Waals surface area contributed by atoms with Crippen LogP contribution in [-0.4, -0.2) is 78.4 Å². The molecule has 33 heavy (non-hydrogen) atoms. The third-order valence-corrected chi connectivity index (χ3v) is 6.46. The zero-order valence-corrected chi connectivity index (χ0v) is 18.8. The summed E-state index contributed by atoms with van der Waals surface area (Å²) in [6.45, 7) is 8.10. The van der Waals surface area contributed by atoms with Crippen LogP contribution in [0.2, 0.25) is 0 Å². The number of benzene rings is 1. The molecule has 0 aromatic heterocycles. The second kappa shape index (κ2) is 11.5. The maximum atomic E-state index is 10.1. The van der Waals surface area contributed by atoms with Crippen LogP contribution in [0.15, 0.2) is 67.8 Å². The molecule has 1 aromatic carbocycles. The Kier molecular flexibility index (Phi) is 8.49. The summed E-state index contributed by atoms with van der Waals surface area (Å²) in [4.78, 5) is 0. The summed E-state index contributed by atoms with van der Waals surface area (Å²) in [5.74, 6) is 0. The van der Waals surface area contributed by atoms with Crippen LogP contribution in [-0.2, 0) is 30.3 Å². The van der Waals surface area contributed by atoms with Gasteiger partial charge in [-0.05, 0) is 12.0 Å². The molecule has 2 fully saturated rings. The van der Waals surface area contributed by atoms with Gasteiger partial charge in [0, 0.05) is 6.42 Å². The fraction of sp³-hybridized carbons (Fsp3) is 0.538. The number of fused-ring (bicyclic) bond motifs is 2. The first-order chi connectivity index (χ1) is 16.1. The number of ether oxygens (including phenoxy) is 5. The highest BCUT2D eigenvalue weighted by Gasteiger charge is 2.52. The largest absolute Gasteiger partial charge is 0.394 e. The van der Waals surface area contributed by atoms with Crippen LogP contribution in [0.1, 0.15) is 18.4 Å². The van der Waals surface area contributed by atoms with E-state index in [2.05, 4.69) is 19.2 Å². The molecule has 4 rings (SSSR count). The minimum absolute atomic E-state index is 0.164. The Hall–Kier alpha value is -1.84. The molecule has 9 atom stereocenters. The van der Waals surface area contributed by atoms with E-state index in [4.69, 9.17) is 23.7 Å². The lowest BCUT2D eigenvalue weighted by Crippen LogP contribution is -2.64. The summed E-state index contributed by atoms with van der Waals surface area (Å²) in [5, 5.41) is 19.8. The van der Waals surface area contributed by atoms with E-state index >= 15 is 0 Å². The summed E-state index contributed by atoms with van der Waals surface area (Å²) in [6, 6.07) is 10.0. The van der Waals surface area contributed by atoms with E-state index in [1.54, 1.807) is 6.08 Å². The third kappa shape index (κ3) is 5.63. The monoisotopic (exact) mass is 458 g/mol. The summed E-state index contributed by atoms with van der Waals surface area (Å²) < 4.78 is 31.5. The average molecular weight is 459 g/mol. The molecule has 0 saturated carbocycles. The van der Waals surface area contributed by atoms with Gasteiger partial charge in [-0.2, -0.15) is 0 Å². The molecule has 0 aliphatic carbocycles. The summed E-state index contributed by atoms with van der Waals surface area (Å²) in [7, 11) is 0. The molecule has 3 aliphatic rings. The molecular formula is C26H34O7. The van der Waals surface area contributed by atoms with Gasteiger partial charge in [0.15, 0.2) is 0 Å². The van der Waals surface area contributed by atoms with E-state index < -0.39 is 24.4 Å². The van der Waals surface area contributed by atoms with E-state index in [1.807, 2.05) is 36.4 Å². The third-order valence-electron chi connectivity index (χ3n) is 6.46. The van der Waals surface area contributed by atoms with Crippen molar-refractivity contribution in [1.29, 1.82) is 0 Å². The van der Waals surface area contributed by atoms with Crippen molar-refractivity contribution >= 4 is 0 Å². The minimum atomic E-state index is -0.989. The Bertz CT molecular complexity index is 797. The second-order valence-corrected chi connectivity index (χ2v) is 8.64. The molecule has 0 radical (unpaired) electrons. The molecule has 3 aliphatic heterocycles.